The van der Waals surface area contributed by atoms with Gasteiger partial charge in [-0.25, -0.2) is 4.79 Å². The molecule has 1 heterocycles. The number of allylic oxidation sites excluding steroid dienone is 1. The number of hydrogen-bond acceptors (Lipinski definition) is 3. The van der Waals surface area contributed by atoms with Crippen LogP contribution in [0.2, 0.25) is 0 Å². The Morgan fingerprint density at radius 1 is 1.56 bits per heavy atom. The molecule has 2 N–H and O–H groups in total. The van der Waals surface area contributed by atoms with Gasteiger partial charge in [0.05, 0.1) is 0 Å². The number of rotatable bonds is 4. The first-order chi connectivity index (χ1) is 8.72. The van der Waals surface area contributed by atoms with Gasteiger partial charge in [0.25, 0.3) is 0 Å². The van der Waals surface area contributed by atoms with E-state index in [4.69, 9.17) is 4.74 Å². The summed E-state index contributed by atoms with van der Waals surface area (Å²) in [6.45, 7) is 8.79. The van der Waals surface area contributed by atoms with E-state index < -0.39 is 0 Å². The van der Waals surface area contributed by atoms with Crippen LogP contribution in [0.1, 0.15) is 6.92 Å². The molecule has 1 fully saturated rings. The Balaban J connectivity index is 1.85. The van der Waals surface area contributed by atoms with Crippen LogP contribution in [-0.4, -0.2) is 32.3 Å². The monoisotopic (exact) mass is 250 g/mol. The molecule has 1 aliphatic carbocycles. The Morgan fingerprint density at radius 3 is 3.17 bits per heavy atom. The third-order valence-corrected chi connectivity index (χ3v) is 4.01. The minimum Gasteiger partial charge on any atom is -0.445 e. The van der Waals surface area contributed by atoms with Crippen molar-refractivity contribution in [3.8, 4) is 0 Å². The van der Waals surface area contributed by atoms with E-state index in [1.54, 1.807) is 6.08 Å². The zero-order valence-electron chi connectivity index (χ0n) is 10.9. The second-order valence-electron chi connectivity index (χ2n) is 5.16. The lowest BCUT2D eigenvalue weighted by Gasteiger charge is -2.34. The summed E-state index contributed by atoms with van der Waals surface area (Å²) in [5.74, 6) is 2.25. The number of ether oxygens (including phenoxy) is 1. The molecule has 2 aliphatic rings. The van der Waals surface area contributed by atoms with Crippen LogP contribution in [0.5, 0.6) is 0 Å². The molecule has 0 saturated carbocycles. The molecular weight excluding hydrogens is 228 g/mol. The maximum Gasteiger partial charge on any atom is 0.407 e. The first kappa shape index (κ1) is 13.1. The van der Waals surface area contributed by atoms with Gasteiger partial charge in [-0.1, -0.05) is 31.7 Å². The van der Waals surface area contributed by atoms with Crippen molar-refractivity contribution in [3.63, 3.8) is 0 Å². The molecule has 2 rings (SSSR count). The summed E-state index contributed by atoms with van der Waals surface area (Å²) in [7, 11) is 0. The van der Waals surface area contributed by atoms with Crippen LogP contribution in [0.25, 0.3) is 0 Å². The van der Waals surface area contributed by atoms with Gasteiger partial charge < -0.3 is 15.4 Å². The zero-order valence-corrected chi connectivity index (χ0v) is 10.9. The quantitative estimate of drug-likeness (QED) is 0.744. The number of hydrogen-bond donors (Lipinski definition) is 2. The van der Waals surface area contributed by atoms with Crippen molar-refractivity contribution in [1.82, 2.24) is 10.6 Å². The third kappa shape index (κ3) is 2.93. The molecule has 0 radical (unpaired) electrons. The van der Waals surface area contributed by atoms with Gasteiger partial charge in [-0.15, -0.1) is 0 Å². The van der Waals surface area contributed by atoms with E-state index in [1.807, 2.05) is 0 Å². The van der Waals surface area contributed by atoms with E-state index in [1.165, 1.54) is 0 Å². The van der Waals surface area contributed by atoms with Crippen LogP contribution >= 0.6 is 0 Å². The molecule has 18 heavy (non-hydrogen) atoms. The Labute approximate surface area is 108 Å². The highest BCUT2D eigenvalue weighted by molar-refractivity contribution is 5.67. The first-order valence-corrected chi connectivity index (χ1v) is 6.63. The molecule has 0 aromatic heterocycles. The van der Waals surface area contributed by atoms with Gasteiger partial charge in [0.15, 0.2) is 0 Å². The maximum atomic E-state index is 11.4. The van der Waals surface area contributed by atoms with Crippen molar-refractivity contribution >= 4 is 6.09 Å². The standard InChI is InChI=1S/C14H22N2O2/c1-3-6-18-14(17)16-9-12-10(2)4-5-11-7-15-8-13(11)12/h3-5,10-13,15H,1,6-9H2,2H3,(H,16,17). The topological polar surface area (TPSA) is 50.4 Å². The lowest BCUT2D eigenvalue weighted by atomic mass is 9.72. The van der Waals surface area contributed by atoms with Gasteiger partial charge >= 0.3 is 6.09 Å². The summed E-state index contributed by atoms with van der Waals surface area (Å²) < 4.78 is 4.93. The Bertz CT molecular complexity index is 341. The van der Waals surface area contributed by atoms with Gasteiger partial charge in [-0.3, -0.25) is 0 Å². The van der Waals surface area contributed by atoms with Gasteiger partial charge in [-0.05, 0) is 30.2 Å². The van der Waals surface area contributed by atoms with Crippen LogP contribution in [0.15, 0.2) is 24.8 Å². The summed E-state index contributed by atoms with van der Waals surface area (Å²) in [6.07, 6.45) is 5.82. The van der Waals surface area contributed by atoms with E-state index in [2.05, 4.69) is 36.3 Å². The molecule has 0 spiro atoms. The Hall–Kier alpha value is -1.29. The van der Waals surface area contributed by atoms with Crippen molar-refractivity contribution in [2.24, 2.45) is 23.7 Å². The molecule has 100 valence electrons. The van der Waals surface area contributed by atoms with Crippen molar-refractivity contribution in [3.05, 3.63) is 24.8 Å². The predicted molar refractivity (Wildman–Crippen MR) is 71.2 cm³/mol. The molecule has 0 aromatic carbocycles. The second-order valence-corrected chi connectivity index (χ2v) is 5.16. The fourth-order valence-electron chi connectivity index (χ4n) is 2.97. The van der Waals surface area contributed by atoms with E-state index in [0.29, 0.717) is 30.2 Å². The predicted octanol–water partition coefficient (Wildman–Crippen LogP) is 1.56. The summed E-state index contributed by atoms with van der Waals surface area (Å²) >= 11 is 0. The van der Waals surface area contributed by atoms with Crippen LogP contribution in [-0.2, 0) is 4.74 Å². The van der Waals surface area contributed by atoms with Gasteiger partial charge in [-0.2, -0.15) is 0 Å². The lowest BCUT2D eigenvalue weighted by Crippen LogP contribution is -2.39. The number of fused-ring (bicyclic) bond motifs is 1. The number of carbonyl (C=O) groups is 1. The fraction of sp³-hybridized carbons (Fsp3) is 0.643. The van der Waals surface area contributed by atoms with Crippen LogP contribution < -0.4 is 10.6 Å². The zero-order chi connectivity index (χ0) is 13.0. The highest BCUT2D eigenvalue weighted by atomic mass is 16.5. The molecule has 1 saturated heterocycles. The van der Waals surface area contributed by atoms with Crippen molar-refractivity contribution in [2.45, 2.75) is 6.92 Å². The number of amides is 1. The molecule has 0 bridgehead atoms. The van der Waals surface area contributed by atoms with Gasteiger partial charge in [0.2, 0.25) is 0 Å². The average Bonchev–Trinajstić information content (AvgIpc) is 2.83. The molecule has 0 aromatic rings. The second kappa shape index (κ2) is 6.05. The molecule has 1 amide bonds. The molecule has 4 nitrogen and oxygen atoms in total. The van der Waals surface area contributed by atoms with E-state index >= 15 is 0 Å². The van der Waals surface area contributed by atoms with Crippen LogP contribution in [0.3, 0.4) is 0 Å². The Kier molecular flexibility index (Phi) is 4.42. The maximum absolute atomic E-state index is 11.4. The smallest absolute Gasteiger partial charge is 0.407 e. The summed E-state index contributed by atoms with van der Waals surface area (Å²) in [4.78, 5) is 11.4. The molecule has 4 unspecified atom stereocenters. The first-order valence-electron chi connectivity index (χ1n) is 6.63. The molecule has 1 aliphatic heterocycles. The molecule has 4 heteroatoms. The molecule has 4 atom stereocenters. The van der Waals surface area contributed by atoms with E-state index in [-0.39, 0.29) is 12.7 Å². The van der Waals surface area contributed by atoms with E-state index in [9.17, 15) is 4.79 Å². The normalized spacial score (nSPS) is 33.8. The van der Waals surface area contributed by atoms with Gasteiger partial charge in [0.1, 0.15) is 6.61 Å². The van der Waals surface area contributed by atoms with Crippen molar-refractivity contribution in [1.29, 1.82) is 0 Å². The van der Waals surface area contributed by atoms with Crippen molar-refractivity contribution < 1.29 is 9.53 Å². The highest BCUT2D eigenvalue weighted by Crippen LogP contribution is 2.35. The van der Waals surface area contributed by atoms with Crippen molar-refractivity contribution in [2.75, 3.05) is 26.2 Å². The summed E-state index contributed by atoms with van der Waals surface area (Å²) in [5.41, 5.74) is 0. The summed E-state index contributed by atoms with van der Waals surface area (Å²) in [6, 6.07) is 0. The third-order valence-electron chi connectivity index (χ3n) is 4.01. The molecular formula is C14H22N2O2. The minimum absolute atomic E-state index is 0.263. The number of carbonyl (C=O) groups excluding carboxylic acids is 1. The van der Waals surface area contributed by atoms with Crippen LogP contribution in [0, 0.1) is 23.7 Å². The largest absolute Gasteiger partial charge is 0.445 e. The van der Waals surface area contributed by atoms with E-state index in [0.717, 1.165) is 13.1 Å². The number of nitrogens with one attached hydrogen (secondary N) is 2. The fourth-order valence-corrected chi connectivity index (χ4v) is 2.97. The van der Waals surface area contributed by atoms with Gasteiger partial charge in [0, 0.05) is 13.1 Å². The van der Waals surface area contributed by atoms with Crippen LogP contribution in [0.4, 0.5) is 4.79 Å². The minimum atomic E-state index is -0.348. The highest BCUT2D eigenvalue weighted by Gasteiger charge is 2.37. The number of alkyl carbamates (subject to hydrolysis) is 1. The average molecular weight is 250 g/mol. The lowest BCUT2D eigenvalue weighted by molar-refractivity contribution is 0.150. The SMILES string of the molecule is C=CCOC(=O)NCC1C(C)C=CC2CNCC21. The summed E-state index contributed by atoms with van der Waals surface area (Å²) in [5, 5.41) is 6.29. The Morgan fingerprint density at radius 2 is 2.39 bits per heavy atom.